The highest BCUT2D eigenvalue weighted by molar-refractivity contribution is 5.81. The summed E-state index contributed by atoms with van der Waals surface area (Å²) in [5, 5.41) is 4.14. The maximum atomic E-state index is 12.7. The number of aromatic nitrogens is 2. The van der Waals surface area contributed by atoms with E-state index in [0.717, 1.165) is 49.5 Å². The third-order valence-electron chi connectivity index (χ3n) is 5.33. The van der Waals surface area contributed by atoms with E-state index in [2.05, 4.69) is 27.2 Å². The number of carbonyl (C=O) groups is 1. The first-order valence-electron chi connectivity index (χ1n) is 9.94. The number of likely N-dealkylation sites (tertiary alicyclic amines) is 1. The molecule has 0 N–H and O–H groups in total. The Bertz CT molecular complexity index is 892. The van der Waals surface area contributed by atoms with E-state index in [1.165, 1.54) is 5.56 Å². The van der Waals surface area contributed by atoms with Crippen molar-refractivity contribution in [1.29, 1.82) is 0 Å². The highest BCUT2D eigenvalue weighted by Crippen LogP contribution is 2.23. The minimum absolute atomic E-state index is 0.121. The highest BCUT2D eigenvalue weighted by Gasteiger charge is 2.26. The van der Waals surface area contributed by atoms with E-state index in [1.807, 2.05) is 42.5 Å². The van der Waals surface area contributed by atoms with Crippen LogP contribution in [0, 0.1) is 5.92 Å². The van der Waals surface area contributed by atoms with Gasteiger partial charge in [-0.1, -0.05) is 41.6 Å². The van der Waals surface area contributed by atoms with E-state index in [1.54, 1.807) is 6.20 Å². The number of carbonyl (C=O) groups excluding carboxylic acids is 1. The van der Waals surface area contributed by atoms with Gasteiger partial charge in [0.15, 0.2) is 5.76 Å². The Morgan fingerprint density at radius 3 is 2.79 bits per heavy atom. The molecule has 0 amide bonds. The van der Waals surface area contributed by atoms with Crippen LogP contribution in [0.2, 0.25) is 0 Å². The third kappa shape index (κ3) is 4.73. The SMILES string of the molecule is O=C(CCc1ccccc1)[C@@H]1CCCN(Cc2cc(-c3ccccn3)no2)C1. The molecule has 0 radical (unpaired) electrons. The van der Waals surface area contributed by atoms with Crippen molar-refractivity contribution in [3.05, 3.63) is 72.1 Å². The summed E-state index contributed by atoms with van der Waals surface area (Å²) in [6.45, 7) is 2.47. The number of ketones is 1. The molecule has 3 aromatic rings. The number of benzene rings is 1. The molecular weight excluding hydrogens is 350 g/mol. The Morgan fingerprint density at radius 2 is 1.96 bits per heavy atom. The normalized spacial score (nSPS) is 17.5. The molecule has 28 heavy (non-hydrogen) atoms. The quantitative estimate of drug-likeness (QED) is 0.621. The standard InChI is InChI=1S/C23H25N3O2/c27-23(12-11-18-7-2-1-3-8-18)19-9-6-14-26(16-19)17-20-15-22(25-28-20)21-10-4-5-13-24-21/h1-5,7-8,10,13,15,19H,6,9,11-12,14,16-17H2/t19-/m1/s1. The Balaban J connectivity index is 1.31. The molecule has 1 aliphatic rings. The van der Waals surface area contributed by atoms with Gasteiger partial charge in [0.25, 0.3) is 0 Å². The molecule has 0 bridgehead atoms. The number of nitrogens with zero attached hydrogens (tertiary/aromatic N) is 3. The summed E-state index contributed by atoms with van der Waals surface area (Å²) in [5.74, 6) is 1.31. The van der Waals surface area contributed by atoms with Crippen LogP contribution in [0.4, 0.5) is 0 Å². The van der Waals surface area contributed by atoms with Gasteiger partial charge in [-0.05, 0) is 43.5 Å². The predicted octanol–water partition coefficient (Wildman–Crippen LogP) is 4.15. The molecule has 2 aromatic heterocycles. The molecule has 0 saturated carbocycles. The summed E-state index contributed by atoms with van der Waals surface area (Å²) in [6, 6.07) is 17.9. The lowest BCUT2D eigenvalue weighted by Gasteiger charge is -2.31. The monoisotopic (exact) mass is 375 g/mol. The number of pyridine rings is 1. The van der Waals surface area contributed by atoms with Crippen LogP contribution in [0.15, 0.2) is 65.3 Å². The summed E-state index contributed by atoms with van der Waals surface area (Å²) >= 11 is 0. The molecule has 5 heteroatoms. The lowest BCUT2D eigenvalue weighted by Crippen LogP contribution is -2.38. The van der Waals surface area contributed by atoms with E-state index in [9.17, 15) is 4.79 Å². The van der Waals surface area contributed by atoms with Crippen LogP contribution in [0.1, 0.15) is 30.6 Å². The minimum atomic E-state index is 0.121. The van der Waals surface area contributed by atoms with Crippen molar-refractivity contribution >= 4 is 5.78 Å². The molecule has 5 nitrogen and oxygen atoms in total. The largest absolute Gasteiger partial charge is 0.359 e. The van der Waals surface area contributed by atoms with Crippen molar-refractivity contribution in [2.24, 2.45) is 5.92 Å². The Morgan fingerprint density at radius 1 is 1.11 bits per heavy atom. The molecule has 1 atom stereocenters. The topological polar surface area (TPSA) is 59.2 Å². The zero-order chi connectivity index (χ0) is 19.2. The van der Waals surface area contributed by atoms with Gasteiger partial charge < -0.3 is 4.52 Å². The number of Topliss-reactive ketones (excluding diaryl/α,β-unsaturated/α-hetero) is 1. The Labute approximate surface area is 165 Å². The van der Waals surface area contributed by atoms with Crippen LogP contribution < -0.4 is 0 Å². The molecule has 4 rings (SSSR count). The van der Waals surface area contributed by atoms with Crippen LogP contribution >= 0.6 is 0 Å². The van der Waals surface area contributed by atoms with E-state index in [4.69, 9.17) is 4.52 Å². The maximum absolute atomic E-state index is 12.7. The molecule has 1 fully saturated rings. The van der Waals surface area contributed by atoms with Crippen LogP contribution in [0.25, 0.3) is 11.4 Å². The molecule has 1 saturated heterocycles. The Kier molecular flexibility index (Phi) is 5.92. The fraction of sp³-hybridized carbons (Fsp3) is 0.348. The van der Waals surface area contributed by atoms with Gasteiger partial charge in [-0.2, -0.15) is 0 Å². The maximum Gasteiger partial charge on any atom is 0.151 e. The van der Waals surface area contributed by atoms with Crippen LogP contribution in [0.5, 0.6) is 0 Å². The molecular formula is C23H25N3O2. The van der Waals surface area contributed by atoms with Crippen LogP contribution in [-0.2, 0) is 17.8 Å². The first kappa shape index (κ1) is 18.6. The van der Waals surface area contributed by atoms with Crippen LogP contribution in [-0.4, -0.2) is 33.9 Å². The first-order chi connectivity index (χ1) is 13.8. The average Bonchev–Trinajstić information content (AvgIpc) is 3.22. The second-order valence-corrected chi connectivity index (χ2v) is 7.42. The molecule has 1 aliphatic heterocycles. The third-order valence-corrected chi connectivity index (χ3v) is 5.33. The summed E-state index contributed by atoms with van der Waals surface area (Å²) < 4.78 is 5.51. The van der Waals surface area contributed by atoms with E-state index in [0.29, 0.717) is 18.7 Å². The summed E-state index contributed by atoms with van der Waals surface area (Å²) in [7, 11) is 0. The number of rotatable bonds is 7. The predicted molar refractivity (Wildman–Crippen MR) is 108 cm³/mol. The zero-order valence-electron chi connectivity index (χ0n) is 16.0. The van der Waals surface area contributed by atoms with E-state index < -0.39 is 0 Å². The highest BCUT2D eigenvalue weighted by atomic mass is 16.5. The fourth-order valence-electron chi connectivity index (χ4n) is 3.82. The van der Waals surface area contributed by atoms with Gasteiger partial charge in [0.2, 0.25) is 0 Å². The van der Waals surface area contributed by atoms with Crippen molar-refractivity contribution in [3.63, 3.8) is 0 Å². The summed E-state index contributed by atoms with van der Waals surface area (Å²) in [4.78, 5) is 19.3. The minimum Gasteiger partial charge on any atom is -0.359 e. The molecule has 0 unspecified atom stereocenters. The summed E-state index contributed by atoms with van der Waals surface area (Å²) in [5.41, 5.74) is 2.79. The lowest BCUT2D eigenvalue weighted by atomic mass is 9.90. The Hall–Kier alpha value is -2.79. The van der Waals surface area contributed by atoms with E-state index >= 15 is 0 Å². The van der Waals surface area contributed by atoms with Crippen molar-refractivity contribution in [1.82, 2.24) is 15.0 Å². The van der Waals surface area contributed by atoms with Gasteiger partial charge in [0, 0.05) is 31.1 Å². The van der Waals surface area contributed by atoms with Gasteiger partial charge in [-0.25, -0.2) is 0 Å². The molecule has 1 aromatic carbocycles. The molecule has 0 aliphatic carbocycles. The smallest absolute Gasteiger partial charge is 0.151 e. The van der Waals surface area contributed by atoms with Gasteiger partial charge >= 0.3 is 0 Å². The number of hydrogen-bond acceptors (Lipinski definition) is 5. The van der Waals surface area contributed by atoms with Crippen molar-refractivity contribution in [2.75, 3.05) is 13.1 Å². The van der Waals surface area contributed by atoms with Gasteiger partial charge in [-0.15, -0.1) is 0 Å². The second kappa shape index (κ2) is 8.93. The van der Waals surface area contributed by atoms with Gasteiger partial charge in [-0.3, -0.25) is 14.7 Å². The zero-order valence-corrected chi connectivity index (χ0v) is 16.0. The van der Waals surface area contributed by atoms with Crippen LogP contribution in [0.3, 0.4) is 0 Å². The van der Waals surface area contributed by atoms with E-state index in [-0.39, 0.29) is 5.92 Å². The number of piperidine rings is 1. The molecule has 3 heterocycles. The molecule has 144 valence electrons. The average molecular weight is 375 g/mol. The lowest BCUT2D eigenvalue weighted by molar-refractivity contribution is -0.124. The van der Waals surface area contributed by atoms with Crippen molar-refractivity contribution < 1.29 is 9.32 Å². The van der Waals surface area contributed by atoms with Gasteiger partial charge in [0.05, 0.1) is 12.2 Å². The molecule has 0 spiro atoms. The van der Waals surface area contributed by atoms with Crippen molar-refractivity contribution in [2.45, 2.75) is 32.2 Å². The first-order valence-corrected chi connectivity index (χ1v) is 9.94. The number of aryl methyl sites for hydroxylation is 1. The van der Waals surface area contributed by atoms with Gasteiger partial charge in [0.1, 0.15) is 11.5 Å². The summed E-state index contributed by atoms with van der Waals surface area (Å²) in [6.07, 6.45) is 5.23. The fourth-order valence-corrected chi connectivity index (χ4v) is 3.82. The second-order valence-electron chi connectivity index (χ2n) is 7.42. The van der Waals surface area contributed by atoms with Crippen molar-refractivity contribution in [3.8, 4) is 11.4 Å². The number of hydrogen-bond donors (Lipinski definition) is 0.